The third-order valence-electron chi connectivity index (χ3n) is 3.99. The molecule has 2 bridgehead atoms. The molecule has 106 valence electrons. The van der Waals surface area contributed by atoms with Crippen molar-refractivity contribution < 1.29 is 4.79 Å². The van der Waals surface area contributed by atoms with E-state index < -0.39 is 0 Å². The predicted octanol–water partition coefficient (Wildman–Crippen LogP) is 1.80. The predicted molar refractivity (Wildman–Crippen MR) is 87.3 cm³/mol. The molecule has 0 saturated carbocycles. The van der Waals surface area contributed by atoms with E-state index in [0.29, 0.717) is 17.8 Å². The van der Waals surface area contributed by atoms with E-state index in [1.54, 1.807) is 0 Å². The van der Waals surface area contributed by atoms with Crippen molar-refractivity contribution in [3.05, 3.63) is 30.0 Å². The van der Waals surface area contributed by atoms with Gasteiger partial charge < -0.3 is 10.2 Å². The van der Waals surface area contributed by atoms with Crippen molar-refractivity contribution in [2.75, 3.05) is 18.0 Å². The van der Waals surface area contributed by atoms with Crippen molar-refractivity contribution >= 4 is 39.4 Å². The molecule has 2 aliphatic heterocycles. The van der Waals surface area contributed by atoms with Gasteiger partial charge in [0.05, 0.1) is 5.52 Å². The first-order chi connectivity index (χ1) is 9.83. The number of nitrogens with one attached hydrogen (secondary N) is 2. The number of aromatic amines is 1. The number of rotatable bonds is 1. The summed E-state index contributed by atoms with van der Waals surface area (Å²) in [7, 11) is 0. The molecule has 4 rings (SSSR count). The molecule has 3 heterocycles. The number of para-hydroxylation sites is 1. The Kier molecular flexibility index (Phi) is 3.93. The number of amides is 1. The Morgan fingerprint density at radius 3 is 2.90 bits per heavy atom. The Labute approximate surface area is 131 Å². The quantitative estimate of drug-likeness (QED) is 0.583. The van der Waals surface area contributed by atoms with Gasteiger partial charge in [-0.25, -0.2) is 0 Å². The van der Waals surface area contributed by atoms with Gasteiger partial charge >= 0.3 is 0 Å². The van der Waals surface area contributed by atoms with Crippen molar-refractivity contribution in [1.29, 1.82) is 0 Å². The molecule has 2 fully saturated rings. The minimum atomic E-state index is 0.0569. The van der Waals surface area contributed by atoms with Gasteiger partial charge in [0.15, 0.2) is 5.69 Å². The molecule has 0 unspecified atom stereocenters. The van der Waals surface area contributed by atoms with Gasteiger partial charge in [0.25, 0.3) is 5.91 Å². The summed E-state index contributed by atoms with van der Waals surface area (Å²) in [5, 5.41) is 11.4. The minimum Gasteiger partial charge on any atom is -0.331 e. The van der Waals surface area contributed by atoms with E-state index in [-0.39, 0.29) is 5.91 Å². The number of halogens is 1. The van der Waals surface area contributed by atoms with E-state index >= 15 is 0 Å². The fraction of sp³-hybridized carbons (Fsp3) is 0.429. The molecule has 6 heteroatoms. The Balaban J connectivity index is 0.000000581. The number of alkyl halides is 1. The van der Waals surface area contributed by atoms with Crippen molar-refractivity contribution in [2.45, 2.75) is 18.5 Å². The van der Waals surface area contributed by atoms with Crippen molar-refractivity contribution in [1.82, 2.24) is 20.4 Å². The van der Waals surface area contributed by atoms with Gasteiger partial charge in [0, 0.05) is 30.6 Å². The molecule has 1 aromatic carbocycles. The van der Waals surface area contributed by atoms with Crippen LogP contribution in [0.25, 0.3) is 10.9 Å². The van der Waals surface area contributed by atoms with Gasteiger partial charge in [-0.2, -0.15) is 5.10 Å². The molecule has 20 heavy (non-hydrogen) atoms. The molecule has 0 aliphatic carbocycles. The first kappa shape index (κ1) is 13.8. The number of H-pyrrole nitrogens is 1. The summed E-state index contributed by atoms with van der Waals surface area (Å²) < 4.78 is 0. The number of likely N-dealkylation sites (tertiary alicyclic amines) is 1. The third kappa shape index (κ3) is 2.20. The Hall–Kier alpha value is -1.15. The third-order valence-corrected chi connectivity index (χ3v) is 3.99. The van der Waals surface area contributed by atoms with Crippen molar-refractivity contribution in [3.8, 4) is 0 Å². The maximum atomic E-state index is 12.5. The fourth-order valence-corrected chi connectivity index (χ4v) is 3.07. The van der Waals surface area contributed by atoms with Crippen LogP contribution in [0.5, 0.6) is 0 Å². The average Bonchev–Trinajstić information content (AvgIpc) is 3.23. The lowest BCUT2D eigenvalue weighted by atomic mass is 10.2. The number of hydrogen-bond acceptors (Lipinski definition) is 3. The van der Waals surface area contributed by atoms with Crippen LogP contribution in [0.3, 0.4) is 0 Å². The number of aromatic nitrogens is 2. The largest absolute Gasteiger partial charge is 0.331 e. The number of hydrogen-bond donors (Lipinski definition) is 2. The zero-order valence-electron chi connectivity index (χ0n) is 11.3. The number of nitrogens with zero attached hydrogens (tertiary/aromatic N) is 2. The number of piperazine rings is 1. The molecule has 0 spiro atoms. The second-order valence-corrected chi connectivity index (χ2v) is 5.07. The van der Waals surface area contributed by atoms with Crippen LogP contribution in [0.1, 0.15) is 16.9 Å². The van der Waals surface area contributed by atoms with Gasteiger partial charge in [0.2, 0.25) is 0 Å². The molecule has 2 N–H and O–H groups in total. The second kappa shape index (κ2) is 5.69. The first-order valence-electron chi connectivity index (χ1n) is 6.68. The summed E-state index contributed by atoms with van der Waals surface area (Å²) in [6.45, 7) is 1.73. The van der Waals surface area contributed by atoms with E-state index in [4.69, 9.17) is 0 Å². The zero-order chi connectivity index (χ0) is 14.1. The smallest absolute Gasteiger partial charge is 0.275 e. The maximum Gasteiger partial charge on any atom is 0.275 e. The topological polar surface area (TPSA) is 61.0 Å². The molecular weight excluding hydrogens is 367 g/mol. The van der Waals surface area contributed by atoms with Crippen LogP contribution in [0.15, 0.2) is 24.3 Å². The summed E-state index contributed by atoms with van der Waals surface area (Å²) in [6, 6.07) is 8.58. The molecule has 2 aromatic rings. The fourth-order valence-electron chi connectivity index (χ4n) is 3.07. The second-order valence-electron chi connectivity index (χ2n) is 5.07. The highest BCUT2D eigenvalue weighted by Gasteiger charge is 2.41. The van der Waals surface area contributed by atoms with Crippen LogP contribution in [0.4, 0.5) is 0 Å². The molecule has 5 nitrogen and oxygen atoms in total. The lowest BCUT2D eigenvalue weighted by Gasteiger charge is -2.26. The molecule has 0 radical (unpaired) electrons. The summed E-state index contributed by atoms with van der Waals surface area (Å²) in [5.74, 6) is 0.0569. The monoisotopic (exact) mass is 384 g/mol. The molecule has 2 aliphatic rings. The van der Waals surface area contributed by atoms with Crippen LogP contribution in [0.2, 0.25) is 0 Å². The molecule has 1 aromatic heterocycles. The standard InChI is InChI=1S/C13H14N4O.CH3I/c18-13(17-7-8-5-9(17)6-14-8)12-10-3-1-2-4-11(10)15-16-12;1-2/h1-4,8-9,14H,5-7H2,(H,15,16);1H3/t8-,9-;/m0./s1. The van der Waals surface area contributed by atoms with Gasteiger partial charge in [-0.15, -0.1) is 0 Å². The van der Waals surface area contributed by atoms with E-state index in [2.05, 4.69) is 38.1 Å². The summed E-state index contributed by atoms with van der Waals surface area (Å²) in [5.41, 5.74) is 1.47. The lowest BCUT2D eigenvalue weighted by molar-refractivity contribution is 0.0712. The van der Waals surface area contributed by atoms with E-state index in [1.165, 1.54) is 0 Å². The van der Waals surface area contributed by atoms with Gasteiger partial charge in [-0.3, -0.25) is 9.89 Å². The van der Waals surface area contributed by atoms with Crippen LogP contribution < -0.4 is 5.32 Å². The van der Waals surface area contributed by atoms with Gasteiger partial charge in [0.1, 0.15) is 0 Å². The van der Waals surface area contributed by atoms with Crippen LogP contribution >= 0.6 is 22.6 Å². The number of benzene rings is 1. The van der Waals surface area contributed by atoms with E-state index in [9.17, 15) is 4.79 Å². The normalized spacial score (nSPS) is 23.8. The summed E-state index contributed by atoms with van der Waals surface area (Å²) in [4.78, 5) is 16.5. The van der Waals surface area contributed by atoms with Crippen LogP contribution in [-0.2, 0) is 0 Å². The highest BCUT2D eigenvalue weighted by atomic mass is 127. The highest BCUT2D eigenvalue weighted by molar-refractivity contribution is 14.1. The first-order valence-corrected chi connectivity index (χ1v) is 8.84. The molecule has 1 amide bonds. The number of fused-ring (bicyclic) bond motifs is 3. The van der Waals surface area contributed by atoms with Gasteiger partial charge in [-0.05, 0) is 17.4 Å². The summed E-state index contributed by atoms with van der Waals surface area (Å²) in [6.07, 6.45) is 1.08. The number of carbonyl (C=O) groups excluding carboxylic acids is 1. The van der Waals surface area contributed by atoms with Crippen molar-refractivity contribution in [3.63, 3.8) is 0 Å². The number of carbonyl (C=O) groups is 1. The van der Waals surface area contributed by atoms with Crippen molar-refractivity contribution in [2.24, 2.45) is 0 Å². The average molecular weight is 384 g/mol. The molecular formula is C14H17IN4O. The summed E-state index contributed by atoms with van der Waals surface area (Å²) >= 11 is 2.15. The molecule has 2 atom stereocenters. The maximum absolute atomic E-state index is 12.5. The van der Waals surface area contributed by atoms with Gasteiger partial charge in [-0.1, -0.05) is 40.8 Å². The Bertz CT molecular complexity index is 626. The Morgan fingerprint density at radius 1 is 1.40 bits per heavy atom. The SMILES string of the molecule is CI.O=C(c1n[nH]c2ccccc12)N1C[C@@H]2C[C@H]1CN2. The minimum absolute atomic E-state index is 0.0569. The van der Waals surface area contributed by atoms with Crippen LogP contribution in [-0.4, -0.2) is 51.1 Å². The molecule has 2 saturated heterocycles. The zero-order valence-corrected chi connectivity index (χ0v) is 13.4. The lowest BCUT2D eigenvalue weighted by Crippen LogP contribution is -2.46. The van der Waals surface area contributed by atoms with E-state index in [1.807, 2.05) is 34.1 Å². The van der Waals surface area contributed by atoms with E-state index in [0.717, 1.165) is 30.4 Å². The van der Waals surface area contributed by atoms with Crippen LogP contribution in [0, 0.1) is 0 Å². The Morgan fingerprint density at radius 2 is 2.20 bits per heavy atom. The highest BCUT2D eigenvalue weighted by Crippen LogP contribution is 2.26.